The Morgan fingerprint density at radius 2 is 0.602 bits per heavy atom. The number of thioether (sulfide) groups is 1. The molecule has 31 aliphatic rings. The largest absolute Gasteiger partial charge is 0.492 e. The molecule has 47 heteroatoms. The summed E-state index contributed by atoms with van der Waals surface area (Å²) in [5.41, 5.74) is 1.00. The maximum Gasteiger partial charge on any atom is 0.286 e. The number of amides is 2. The number of rotatable bonds is 15. The van der Waals surface area contributed by atoms with Crippen molar-refractivity contribution < 1.29 is 213 Å². The molecule has 33 rings (SSSR count). The lowest BCUT2D eigenvalue weighted by Gasteiger charge is -2.50. The topological polar surface area (TPSA) is 705 Å². The molecule has 0 saturated carbocycles. The van der Waals surface area contributed by atoms with E-state index >= 15 is 0 Å². The van der Waals surface area contributed by atoms with Crippen molar-refractivity contribution >= 4 is 28.7 Å². The van der Waals surface area contributed by atoms with E-state index in [1.807, 2.05) is 54.4 Å². The monoisotopic (exact) mass is 1650 g/mol. The van der Waals surface area contributed by atoms with Gasteiger partial charge in [-0.1, -0.05) is 30.0 Å². The number of nitrogens with one attached hydrogen (secondary N) is 1. The Bertz CT molecular complexity index is 2830. The predicted octanol–water partition coefficient (Wildman–Crippen LogP) is -14.9. The zero-order valence-electron chi connectivity index (χ0n) is 59.9. The van der Waals surface area contributed by atoms with E-state index in [9.17, 15) is 132 Å². The highest BCUT2D eigenvalue weighted by Gasteiger charge is 2.61. The summed E-state index contributed by atoms with van der Waals surface area (Å²) in [6, 6.07) is 13.4. The lowest BCUT2D eigenvalue weighted by Crippen LogP contribution is -2.69. The van der Waals surface area contributed by atoms with Crippen LogP contribution in [0.25, 0.3) is 0 Å². The molecular weight excluding hydrogens is 1550 g/mol. The van der Waals surface area contributed by atoms with Gasteiger partial charge in [-0.05, 0) is 36.2 Å². The summed E-state index contributed by atoms with van der Waals surface area (Å²) in [6.45, 7) is -7.37. The summed E-state index contributed by atoms with van der Waals surface area (Å²) in [7, 11) is 1.97. The van der Waals surface area contributed by atoms with Crippen LogP contribution >= 0.6 is 11.8 Å². The van der Waals surface area contributed by atoms with Crippen LogP contribution in [-0.4, -0.2) is 463 Å². The molecule has 32 heterocycles. The Hall–Kier alpha value is -4.14. The zero-order valence-corrected chi connectivity index (χ0v) is 60.7. The van der Waals surface area contributed by atoms with Crippen molar-refractivity contribution in [2.45, 2.75) is 257 Å². The van der Waals surface area contributed by atoms with Gasteiger partial charge >= 0.3 is 0 Å². The highest BCUT2D eigenvalue weighted by Crippen LogP contribution is 2.40. The van der Waals surface area contributed by atoms with Gasteiger partial charge in [-0.3, -0.25) is 14.9 Å². The van der Waals surface area contributed by atoms with E-state index in [2.05, 4.69) is 10.3 Å². The van der Waals surface area contributed by atoms with Gasteiger partial charge in [0.1, 0.15) is 214 Å². The lowest BCUT2D eigenvalue weighted by atomic mass is 9.94. The average molecular weight is 1650 g/mol. The molecule has 0 spiro atoms. The van der Waals surface area contributed by atoms with Crippen molar-refractivity contribution in [3.05, 3.63) is 54.2 Å². The molecule has 1 aromatic carbocycles. The smallest absolute Gasteiger partial charge is 0.286 e. The standard InChI is InChI=1S/C48H80O40.C18H19N3O3S/c49-1-9-33-17(57)25(65)41(73-9)82-34-10(2-50)75-43(27(67)19(34)59)84-36-12(4-52)77-45(29(69)21(36)61)86-38-14(6-54)79-47(31(71)23(38)63)88-40-16(8-56)80-48(32(72)24(40)64)87-39-15(7-55)78-46(30(70)22(39)62)85-37-13(5-53)76-44(28(68)20(37)60)83-35-11(3-51)74-42(81-33)26(66)18(35)58;1-21(16-4-2-3-9-19-16)10-11-24-14-7-5-13(6-8-14)12-15-17(22)20-18(23)25-15/h9-72H,1-8H2;2-9,15H,10-12H2,1H3,(H,20,22,23)/t9-,10-,11-,12-,13-,14+,15+,16+,17-,18+,19+,20+,21-,22-,23-,24+,25-,26+,27-,28+,29-,30-,31-,32+,33-,34-,35-,36-,37-,38-,39-,40-,41-,42-,43-,44-,45-,46-,47-,48-;/m1./s1. The lowest BCUT2D eigenvalue weighted by molar-refractivity contribution is -0.404. The van der Waals surface area contributed by atoms with Crippen molar-refractivity contribution in [2.24, 2.45) is 0 Å². The molecule has 31 aliphatic heterocycles. The molecule has 2 aromatic rings. The van der Waals surface area contributed by atoms with Gasteiger partial charge in [0, 0.05) is 13.2 Å². The van der Waals surface area contributed by atoms with E-state index in [0.29, 0.717) is 13.0 Å². The molecule has 1 unspecified atom stereocenters. The Morgan fingerprint density at radius 1 is 0.354 bits per heavy atom. The summed E-state index contributed by atoms with van der Waals surface area (Å²) in [6.07, 6.45) is -79.7. The van der Waals surface area contributed by atoms with E-state index in [4.69, 9.17) is 80.5 Å². The third kappa shape index (κ3) is 19.7. The fourth-order valence-electron chi connectivity index (χ4n) is 14.4. The fourth-order valence-corrected chi connectivity index (χ4v) is 15.2. The van der Waals surface area contributed by atoms with Crippen molar-refractivity contribution in [1.82, 2.24) is 10.3 Å². The van der Waals surface area contributed by atoms with Gasteiger partial charge < -0.3 is 208 Å². The number of hydrogen-bond donors (Lipinski definition) is 25. The summed E-state index contributed by atoms with van der Waals surface area (Å²) >= 11 is 1.05. The minimum absolute atomic E-state index is 0.215. The number of carbonyl (C=O) groups is 2. The van der Waals surface area contributed by atoms with Gasteiger partial charge in [0.2, 0.25) is 5.91 Å². The predicted molar refractivity (Wildman–Crippen MR) is 359 cm³/mol. The van der Waals surface area contributed by atoms with Crippen molar-refractivity contribution in [1.29, 1.82) is 0 Å². The number of aromatic nitrogens is 1. The quantitative estimate of drug-likeness (QED) is 0.0787. The number of carbonyl (C=O) groups excluding carboxylic acids is 2. The van der Waals surface area contributed by atoms with E-state index in [-0.39, 0.29) is 16.4 Å². The molecule has 31 saturated heterocycles. The molecule has 25 N–H and O–H groups in total. The molecule has 16 bridgehead atoms. The molecule has 642 valence electrons. The number of hydrogen-bond acceptors (Lipinski definition) is 46. The van der Waals surface area contributed by atoms with E-state index in [1.165, 1.54) is 0 Å². The third-order valence-electron chi connectivity index (χ3n) is 20.7. The summed E-state index contributed by atoms with van der Waals surface area (Å²) in [5, 5.41) is 267. The van der Waals surface area contributed by atoms with Gasteiger partial charge in [-0.15, -0.1) is 0 Å². The zero-order chi connectivity index (χ0) is 81.7. The number of likely N-dealkylation sites (N-methyl/N-ethyl adjacent to an activating group) is 1. The van der Waals surface area contributed by atoms with Gasteiger partial charge in [0.15, 0.2) is 50.3 Å². The summed E-state index contributed by atoms with van der Waals surface area (Å²) in [4.78, 5) is 29.1. The molecule has 0 radical (unpaired) electrons. The first-order valence-corrected chi connectivity index (χ1v) is 37.0. The molecule has 46 nitrogen and oxygen atoms in total. The van der Waals surface area contributed by atoms with Crippen LogP contribution < -0.4 is 15.0 Å². The Balaban J connectivity index is 0.000000425. The number of aliphatic hydroxyl groups excluding tert-OH is 24. The first kappa shape index (κ1) is 89.6. The molecule has 2 amide bonds. The van der Waals surface area contributed by atoms with Crippen LogP contribution in [-0.2, 0) is 87.0 Å². The summed E-state index contributed by atoms with van der Waals surface area (Å²) in [5.74, 6) is 1.47. The number of benzene rings is 1. The van der Waals surface area contributed by atoms with E-state index in [0.717, 1.165) is 35.4 Å². The van der Waals surface area contributed by atoms with Crippen LogP contribution in [0.15, 0.2) is 48.7 Å². The number of pyridine rings is 1. The van der Waals surface area contributed by atoms with Crippen LogP contribution in [0, 0.1) is 0 Å². The molecule has 41 atom stereocenters. The highest BCUT2D eigenvalue weighted by molar-refractivity contribution is 8.15. The SMILES string of the molecule is CN(CCOc1ccc(CC2SC(=O)NC2=O)cc1)c1ccccn1.OC[C@@H]1O[C@@H]2O[C@H]3[C@@H](O)[C@H](O)[C@@H](O[C@H]4[C@@H](O)[C@H](O)[C@@H](O[C@H]5[C@H](O)[C@@H](O)[C@@H](O[C@H]6[C@@H](O)[C@@H](O)[C@@H](O[C@H]7[C@H](O)[C@@H](O)[C@@H](O[C@H]8[C@H](O)[C@@H](O)[C@@H](O[C@H]9[C@@H](O)[C@H](O)[C@@H](O[C@H]1[C@H](O)[C@H]2O)O[C@H]9CO)O[C@H]8CO)O[C@@H]7CO)O[C@@H]6CO)O[C@@H]5CO)O[C@@H]4CO)O[C@@H]3CO. The first-order valence-electron chi connectivity index (χ1n) is 36.1. The van der Waals surface area contributed by atoms with E-state index < -0.39 is 299 Å². The minimum Gasteiger partial charge on any atom is -0.492 e. The molecule has 0 aliphatic carbocycles. The van der Waals surface area contributed by atoms with E-state index in [1.54, 1.807) is 6.20 Å². The van der Waals surface area contributed by atoms with Crippen LogP contribution in [0.4, 0.5) is 10.6 Å². The molecule has 113 heavy (non-hydrogen) atoms. The highest BCUT2D eigenvalue weighted by atomic mass is 32.2. The van der Waals surface area contributed by atoms with Crippen molar-refractivity contribution in [3.8, 4) is 5.75 Å². The molecule has 31 fully saturated rings. The number of aliphatic hydroxyl groups is 24. The minimum atomic E-state index is -2.25. The first-order chi connectivity index (χ1) is 54.0. The fraction of sp³-hybridized carbons (Fsp3) is 0.803. The Labute approximate surface area is 644 Å². The second kappa shape index (κ2) is 39.8. The van der Waals surface area contributed by atoms with Crippen LogP contribution in [0.5, 0.6) is 5.75 Å². The number of anilines is 1. The van der Waals surface area contributed by atoms with Crippen LogP contribution in [0.2, 0.25) is 0 Å². The van der Waals surface area contributed by atoms with Crippen LogP contribution in [0.3, 0.4) is 0 Å². The number of ether oxygens (including phenoxy) is 17. The maximum absolute atomic E-state index is 11.6. The summed E-state index contributed by atoms with van der Waals surface area (Å²) < 4.78 is 96.8. The molecular formula is C66H99N3O43S. The van der Waals surface area contributed by atoms with Gasteiger partial charge in [-0.2, -0.15) is 0 Å². The maximum atomic E-state index is 11.6. The van der Waals surface area contributed by atoms with Gasteiger partial charge in [0.05, 0.1) is 64.6 Å². The number of imide groups is 1. The Morgan fingerprint density at radius 3 is 0.805 bits per heavy atom. The number of nitrogens with zero attached hydrogens (tertiary/aromatic N) is 2. The normalized spacial score (nSPS) is 46.8. The van der Waals surface area contributed by atoms with Gasteiger partial charge in [-0.25, -0.2) is 4.98 Å². The van der Waals surface area contributed by atoms with Crippen molar-refractivity contribution in [2.75, 3.05) is 78.0 Å². The average Bonchev–Trinajstić information content (AvgIpc) is 1.44. The Kier molecular flexibility index (Phi) is 31.6. The second-order valence-electron chi connectivity index (χ2n) is 28.1. The van der Waals surface area contributed by atoms with Crippen LogP contribution in [0.1, 0.15) is 5.56 Å². The van der Waals surface area contributed by atoms with Crippen molar-refractivity contribution in [3.63, 3.8) is 0 Å². The third-order valence-corrected chi connectivity index (χ3v) is 21.7. The second-order valence-corrected chi connectivity index (χ2v) is 29.3. The molecule has 1 aromatic heterocycles. The van der Waals surface area contributed by atoms with Gasteiger partial charge in [0.25, 0.3) is 5.24 Å².